The van der Waals surface area contributed by atoms with E-state index in [0.29, 0.717) is 17.5 Å². The van der Waals surface area contributed by atoms with Gasteiger partial charge >= 0.3 is 0 Å². The van der Waals surface area contributed by atoms with Crippen molar-refractivity contribution in [3.05, 3.63) is 36.8 Å². The summed E-state index contributed by atoms with van der Waals surface area (Å²) in [5.41, 5.74) is 4.07. The predicted molar refractivity (Wildman–Crippen MR) is 125 cm³/mol. The predicted octanol–water partition coefficient (Wildman–Crippen LogP) is 4.25. The summed E-state index contributed by atoms with van der Waals surface area (Å²) in [7, 11) is 2.12. The van der Waals surface area contributed by atoms with Crippen molar-refractivity contribution in [2.45, 2.75) is 43.8 Å². The highest BCUT2D eigenvalue weighted by Crippen LogP contribution is 2.39. The zero-order valence-electron chi connectivity index (χ0n) is 18.8. The fraction of sp³-hybridized carbons (Fsp3) is 0.417. The maximum absolute atomic E-state index is 13.1. The van der Waals surface area contributed by atoms with Crippen LogP contribution in [0.4, 0.5) is 14.7 Å². The lowest BCUT2D eigenvalue weighted by Crippen LogP contribution is -2.44. The van der Waals surface area contributed by atoms with Crippen molar-refractivity contribution >= 4 is 28.0 Å². The molecule has 0 radical (unpaired) electrons. The highest BCUT2D eigenvalue weighted by molar-refractivity contribution is 5.95. The lowest BCUT2D eigenvalue weighted by Gasteiger charge is -2.35. The fourth-order valence-electron chi connectivity index (χ4n) is 4.65. The van der Waals surface area contributed by atoms with E-state index in [0.717, 1.165) is 53.5 Å². The van der Waals surface area contributed by atoms with Crippen LogP contribution in [0.3, 0.4) is 0 Å². The molecule has 1 aliphatic carbocycles. The van der Waals surface area contributed by atoms with Crippen LogP contribution in [-0.2, 0) is 0 Å². The number of hydrogen-bond acceptors (Lipinski definition) is 7. The Morgan fingerprint density at radius 1 is 1.09 bits per heavy atom. The molecular formula is C24H25F2N7O. The number of H-pyrrole nitrogens is 1. The van der Waals surface area contributed by atoms with Crippen LogP contribution in [-0.4, -0.2) is 68.0 Å². The average Bonchev–Trinajstić information content (AvgIpc) is 3.22. The number of aromatic amines is 1. The highest BCUT2D eigenvalue weighted by Gasteiger charge is 2.45. The number of likely N-dealkylation sites (tertiary alicyclic amines) is 1. The van der Waals surface area contributed by atoms with Crippen LogP contribution >= 0.6 is 0 Å². The van der Waals surface area contributed by atoms with Gasteiger partial charge in [-0.25, -0.2) is 23.7 Å². The van der Waals surface area contributed by atoms with Crippen molar-refractivity contribution < 1.29 is 13.5 Å². The summed E-state index contributed by atoms with van der Waals surface area (Å²) in [5, 5.41) is 3.83. The second kappa shape index (κ2) is 8.12. The van der Waals surface area contributed by atoms with E-state index < -0.39 is 5.92 Å². The molecule has 1 aliphatic heterocycles. The number of anilines is 1. The van der Waals surface area contributed by atoms with E-state index >= 15 is 0 Å². The number of nitrogens with zero attached hydrogens (tertiary/aromatic N) is 5. The van der Waals surface area contributed by atoms with Gasteiger partial charge in [0.1, 0.15) is 11.8 Å². The van der Waals surface area contributed by atoms with Crippen molar-refractivity contribution in [2.24, 2.45) is 0 Å². The first-order chi connectivity index (χ1) is 16.4. The molecule has 176 valence electrons. The van der Waals surface area contributed by atoms with Gasteiger partial charge in [0, 0.05) is 55.3 Å². The minimum Gasteiger partial charge on any atom is -0.473 e. The number of rotatable bonds is 5. The molecule has 6 rings (SSSR count). The number of aromatic nitrogens is 5. The molecule has 10 heteroatoms. The first kappa shape index (κ1) is 21.2. The van der Waals surface area contributed by atoms with Gasteiger partial charge in [0.05, 0.1) is 17.2 Å². The number of halogens is 2. The van der Waals surface area contributed by atoms with E-state index in [1.54, 1.807) is 12.4 Å². The number of alkyl halides is 2. The van der Waals surface area contributed by atoms with Gasteiger partial charge < -0.3 is 19.9 Å². The molecule has 34 heavy (non-hydrogen) atoms. The number of benzene rings is 1. The summed E-state index contributed by atoms with van der Waals surface area (Å²) in [4.78, 5) is 23.5. The molecule has 1 aromatic carbocycles. The average molecular weight is 466 g/mol. The molecule has 2 N–H and O–H groups in total. The fourth-order valence-corrected chi connectivity index (χ4v) is 4.65. The van der Waals surface area contributed by atoms with Gasteiger partial charge in [-0.3, -0.25) is 0 Å². The maximum atomic E-state index is 13.1. The minimum absolute atomic E-state index is 0.158. The van der Waals surface area contributed by atoms with E-state index in [-0.39, 0.29) is 25.0 Å². The van der Waals surface area contributed by atoms with Gasteiger partial charge in [0.2, 0.25) is 11.8 Å². The highest BCUT2D eigenvalue weighted by atomic mass is 19.3. The molecule has 0 unspecified atom stereocenters. The molecule has 0 amide bonds. The molecule has 4 aromatic rings. The normalized spacial score (nSPS) is 19.4. The first-order valence-corrected chi connectivity index (χ1v) is 11.5. The van der Waals surface area contributed by atoms with Gasteiger partial charge in [0.25, 0.3) is 5.92 Å². The number of nitrogens with one attached hydrogen (secondary N) is 2. The molecule has 1 saturated carbocycles. The van der Waals surface area contributed by atoms with Crippen LogP contribution in [0.5, 0.6) is 5.88 Å². The van der Waals surface area contributed by atoms with Gasteiger partial charge in [0.15, 0.2) is 0 Å². The monoisotopic (exact) mass is 465 g/mol. The van der Waals surface area contributed by atoms with Crippen molar-refractivity contribution in [3.8, 4) is 17.0 Å². The van der Waals surface area contributed by atoms with E-state index in [1.165, 1.54) is 0 Å². The molecular weight excluding hydrogens is 440 g/mol. The number of piperidine rings is 1. The van der Waals surface area contributed by atoms with Gasteiger partial charge in [-0.1, -0.05) is 6.07 Å². The zero-order chi connectivity index (χ0) is 23.3. The molecule has 8 nitrogen and oxygen atoms in total. The molecule has 0 bridgehead atoms. The van der Waals surface area contributed by atoms with E-state index in [2.05, 4.69) is 37.2 Å². The van der Waals surface area contributed by atoms with Crippen molar-refractivity contribution in [1.29, 1.82) is 0 Å². The molecule has 1 saturated heterocycles. The molecule has 2 aliphatic rings. The Morgan fingerprint density at radius 2 is 1.91 bits per heavy atom. The number of fused-ring (bicyclic) bond motifs is 2. The van der Waals surface area contributed by atoms with Gasteiger partial charge in [-0.2, -0.15) is 4.98 Å². The minimum atomic E-state index is -2.58. The SMILES string of the molecule is CN1CCC(Oc2cnc3ccc(-c4c[nH]c5nc(NC6CC(F)(F)C6)ncc45)cc3n2)CC1. The molecule has 0 spiro atoms. The summed E-state index contributed by atoms with van der Waals surface area (Å²) in [6.45, 7) is 2.03. The summed E-state index contributed by atoms with van der Waals surface area (Å²) in [6.07, 6.45) is 7.00. The first-order valence-electron chi connectivity index (χ1n) is 11.5. The maximum Gasteiger partial charge on any atom is 0.252 e. The Morgan fingerprint density at radius 3 is 2.71 bits per heavy atom. The Kier molecular flexibility index (Phi) is 5.05. The number of hydrogen-bond donors (Lipinski definition) is 2. The van der Waals surface area contributed by atoms with Crippen LogP contribution in [0.25, 0.3) is 33.2 Å². The van der Waals surface area contributed by atoms with Crippen LogP contribution in [0, 0.1) is 0 Å². The van der Waals surface area contributed by atoms with Crippen LogP contribution in [0.1, 0.15) is 25.7 Å². The van der Waals surface area contributed by atoms with Crippen LogP contribution in [0.15, 0.2) is 36.8 Å². The standard InChI is InChI=1S/C24H25F2N7O/c1-33-6-4-16(5-7-33)34-21-13-27-19-3-2-14(8-20(19)31-21)17-11-28-22-18(17)12-29-23(32-22)30-15-9-24(25,26)10-15/h2-3,8,11-13,15-16H,4-7,9-10H2,1H3,(H2,28,29,30,32). The summed E-state index contributed by atoms with van der Waals surface area (Å²) in [6, 6.07) is 5.60. The quantitative estimate of drug-likeness (QED) is 0.455. The van der Waals surface area contributed by atoms with Crippen molar-refractivity contribution in [1.82, 2.24) is 29.8 Å². The lowest BCUT2D eigenvalue weighted by molar-refractivity contribution is -0.0794. The Balaban J connectivity index is 1.23. The van der Waals surface area contributed by atoms with E-state index in [1.807, 2.05) is 24.4 Å². The van der Waals surface area contributed by atoms with Crippen LogP contribution in [0.2, 0.25) is 0 Å². The second-order valence-electron chi connectivity index (χ2n) is 9.30. The summed E-state index contributed by atoms with van der Waals surface area (Å²) < 4.78 is 32.3. The zero-order valence-corrected chi connectivity index (χ0v) is 18.8. The largest absolute Gasteiger partial charge is 0.473 e. The Hall–Kier alpha value is -3.40. The topological polar surface area (TPSA) is 91.8 Å². The molecule has 0 atom stereocenters. The molecule has 2 fully saturated rings. The summed E-state index contributed by atoms with van der Waals surface area (Å²) >= 11 is 0. The Bertz CT molecular complexity index is 1340. The van der Waals surface area contributed by atoms with E-state index in [9.17, 15) is 8.78 Å². The summed E-state index contributed by atoms with van der Waals surface area (Å²) in [5.74, 6) is -1.70. The third-order valence-electron chi connectivity index (χ3n) is 6.64. The lowest BCUT2D eigenvalue weighted by atomic mass is 9.88. The van der Waals surface area contributed by atoms with E-state index in [4.69, 9.17) is 9.72 Å². The molecule has 4 heterocycles. The third kappa shape index (κ3) is 4.13. The van der Waals surface area contributed by atoms with Crippen molar-refractivity contribution in [2.75, 3.05) is 25.5 Å². The van der Waals surface area contributed by atoms with Gasteiger partial charge in [-0.15, -0.1) is 0 Å². The van der Waals surface area contributed by atoms with Crippen molar-refractivity contribution in [3.63, 3.8) is 0 Å². The molecule has 3 aromatic heterocycles. The third-order valence-corrected chi connectivity index (χ3v) is 6.64. The smallest absolute Gasteiger partial charge is 0.252 e. The number of ether oxygens (including phenoxy) is 1. The Labute approximate surface area is 194 Å². The second-order valence-corrected chi connectivity index (χ2v) is 9.30. The van der Waals surface area contributed by atoms with Gasteiger partial charge in [-0.05, 0) is 37.6 Å². The van der Waals surface area contributed by atoms with Crippen LogP contribution < -0.4 is 10.1 Å².